The average molecular weight is 397 g/mol. The molecule has 7 heteroatoms. The number of amides is 2. The topological polar surface area (TPSA) is 57.7 Å². The van der Waals surface area contributed by atoms with Gasteiger partial charge in [-0.2, -0.15) is 0 Å². The number of hydrogen-bond acceptors (Lipinski definition) is 5. The summed E-state index contributed by atoms with van der Waals surface area (Å²) < 4.78 is 6.44. The first kappa shape index (κ1) is 18.6. The van der Waals surface area contributed by atoms with Crippen LogP contribution in [0.4, 0.5) is 15.6 Å². The van der Waals surface area contributed by atoms with E-state index in [1.54, 1.807) is 18.4 Å². The third kappa shape index (κ3) is 3.75. The van der Waals surface area contributed by atoms with Crippen molar-refractivity contribution in [2.45, 2.75) is 13.3 Å². The van der Waals surface area contributed by atoms with Crippen LogP contribution in [0.15, 0.2) is 42.5 Å². The Hall–Kier alpha value is -2.80. The molecule has 1 N–H and O–H groups in total. The Morgan fingerprint density at radius 3 is 2.71 bits per heavy atom. The first-order chi connectivity index (χ1) is 13.7. The number of ether oxygens (including phenoxy) is 1. The molecule has 1 aliphatic heterocycles. The van der Waals surface area contributed by atoms with Gasteiger partial charge in [-0.25, -0.2) is 9.78 Å². The van der Waals surface area contributed by atoms with Crippen LogP contribution < -0.4 is 15.0 Å². The second-order valence-corrected chi connectivity index (χ2v) is 7.76. The van der Waals surface area contributed by atoms with E-state index < -0.39 is 0 Å². The smallest absolute Gasteiger partial charge is 0.321 e. The van der Waals surface area contributed by atoms with Crippen LogP contribution in [0.5, 0.6) is 5.75 Å². The van der Waals surface area contributed by atoms with Crippen molar-refractivity contribution in [2.75, 3.05) is 43.5 Å². The zero-order chi connectivity index (χ0) is 19.5. The second-order valence-electron chi connectivity index (χ2n) is 6.75. The fraction of sp³-hybridized carbons (Fsp3) is 0.333. The highest BCUT2D eigenvalue weighted by Gasteiger charge is 2.23. The van der Waals surface area contributed by atoms with Crippen molar-refractivity contribution in [3.8, 4) is 5.75 Å². The molecule has 146 valence electrons. The fourth-order valence-electron chi connectivity index (χ4n) is 3.42. The van der Waals surface area contributed by atoms with Crippen molar-refractivity contribution in [3.05, 3.63) is 48.0 Å². The van der Waals surface area contributed by atoms with Crippen LogP contribution in [0.3, 0.4) is 0 Å². The fourth-order valence-corrected chi connectivity index (χ4v) is 4.48. The maximum absolute atomic E-state index is 12.6. The van der Waals surface area contributed by atoms with Crippen LogP contribution >= 0.6 is 11.3 Å². The van der Waals surface area contributed by atoms with Gasteiger partial charge >= 0.3 is 6.03 Å². The molecule has 2 aromatic carbocycles. The number of benzene rings is 2. The molecule has 2 heterocycles. The molecule has 1 saturated heterocycles. The Bertz CT molecular complexity index is 979. The van der Waals surface area contributed by atoms with E-state index in [1.165, 1.54) is 10.3 Å². The molecule has 3 aromatic rings. The predicted molar refractivity (Wildman–Crippen MR) is 115 cm³/mol. The number of para-hydroxylation sites is 1. The highest BCUT2D eigenvalue weighted by Crippen LogP contribution is 2.31. The molecule has 0 radical (unpaired) electrons. The Kier molecular flexibility index (Phi) is 5.34. The lowest BCUT2D eigenvalue weighted by Crippen LogP contribution is -2.50. The summed E-state index contributed by atoms with van der Waals surface area (Å²) in [6.45, 7) is 5.08. The van der Waals surface area contributed by atoms with Crippen molar-refractivity contribution in [3.63, 3.8) is 0 Å². The first-order valence-electron chi connectivity index (χ1n) is 9.51. The van der Waals surface area contributed by atoms with E-state index in [0.717, 1.165) is 41.6 Å². The van der Waals surface area contributed by atoms with Crippen molar-refractivity contribution in [2.24, 2.45) is 0 Å². The molecule has 1 aliphatic rings. The number of urea groups is 1. The standard InChI is InChI=1S/C21H24N4O2S/c1-3-15-6-4-9-18-19(15)23-21(28-18)25-12-10-24(11-13-25)20(26)22-16-7-5-8-17(14-16)27-2/h4-9,14H,3,10-13H2,1-2H3,(H,22,26). The molecular formula is C21H24N4O2S. The summed E-state index contributed by atoms with van der Waals surface area (Å²) >= 11 is 1.73. The van der Waals surface area contributed by atoms with Crippen molar-refractivity contribution >= 4 is 38.4 Å². The summed E-state index contributed by atoms with van der Waals surface area (Å²) in [7, 11) is 1.62. The number of methoxy groups -OCH3 is 1. The Labute approximate surface area is 168 Å². The van der Waals surface area contributed by atoms with Crippen molar-refractivity contribution in [1.29, 1.82) is 0 Å². The quantitative estimate of drug-likeness (QED) is 0.717. The number of aryl methyl sites for hydroxylation is 1. The number of hydrogen-bond donors (Lipinski definition) is 1. The van der Waals surface area contributed by atoms with E-state index in [0.29, 0.717) is 13.1 Å². The van der Waals surface area contributed by atoms with Gasteiger partial charge in [-0.05, 0) is 30.2 Å². The van der Waals surface area contributed by atoms with Gasteiger partial charge in [0.1, 0.15) is 5.75 Å². The lowest BCUT2D eigenvalue weighted by atomic mass is 10.1. The molecule has 0 saturated carbocycles. The largest absolute Gasteiger partial charge is 0.497 e. The number of carbonyl (C=O) groups excluding carboxylic acids is 1. The molecule has 28 heavy (non-hydrogen) atoms. The maximum atomic E-state index is 12.6. The van der Waals surface area contributed by atoms with E-state index >= 15 is 0 Å². The molecule has 1 fully saturated rings. The molecule has 0 spiro atoms. The van der Waals surface area contributed by atoms with Crippen molar-refractivity contribution < 1.29 is 9.53 Å². The first-order valence-corrected chi connectivity index (χ1v) is 10.3. The summed E-state index contributed by atoms with van der Waals surface area (Å²) in [4.78, 5) is 21.6. The number of fused-ring (bicyclic) bond motifs is 1. The minimum absolute atomic E-state index is 0.0783. The van der Waals surface area contributed by atoms with Crippen LogP contribution in [-0.2, 0) is 6.42 Å². The van der Waals surface area contributed by atoms with E-state index in [2.05, 4.69) is 35.3 Å². The summed E-state index contributed by atoms with van der Waals surface area (Å²) in [6.07, 6.45) is 0.985. The number of carbonyl (C=O) groups is 1. The normalized spacial score (nSPS) is 14.4. The van der Waals surface area contributed by atoms with Crippen LogP contribution in [0.25, 0.3) is 10.2 Å². The minimum atomic E-state index is -0.0783. The molecule has 0 bridgehead atoms. The maximum Gasteiger partial charge on any atom is 0.321 e. The van der Waals surface area contributed by atoms with E-state index in [9.17, 15) is 4.79 Å². The lowest BCUT2D eigenvalue weighted by molar-refractivity contribution is 0.208. The zero-order valence-corrected chi connectivity index (χ0v) is 17.0. The number of nitrogens with one attached hydrogen (secondary N) is 1. The summed E-state index contributed by atoms with van der Waals surface area (Å²) in [5, 5.41) is 4.00. The highest BCUT2D eigenvalue weighted by molar-refractivity contribution is 7.22. The van der Waals surface area contributed by atoms with Gasteiger partial charge in [0, 0.05) is 37.9 Å². The van der Waals surface area contributed by atoms with E-state index in [1.807, 2.05) is 29.2 Å². The van der Waals surface area contributed by atoms with Gasteiger partial charge in [-0.1, -0.05) is 36.5 Å². The molecule has 1 aromatic heterocycles. The van der Waals surface area contributed by atoms with Gasteiger partial charge in [0.15, 0.2) is 5.13 Å². The SMILES string of the molecule is CCc1cccc2sc(N3CCN(C(=O)Nc4cccc(OC)c4)CC3)nc12. The van der Waals surface area contributed by atoms with E-state index in [4.69, 9.17) is 9.72 Å². The van der Waals surface area contributed by atoms with Gasteiger partial charge in [0.25, 0.3) is 0 Å². The third-order valence-corrected chi connectivity index (χ3v) is 6.11. The second kappa shape index (κ2) is 8.06. The average Bonchev–Trinajstić information content (AvgIpc) is 3.18. The van der Waals surface area contributed by atoms with Gasteiger partial charge in [0.2, 0.25) is 0 Å². The number of anilines is 2. The Morgan fingerprint density at radius 2 is 1.96 bits per heavy atom. The molecule has 0 aliphatic carbocycles. The summed E-state index contributed by atoms with van der Waals surface area (Å²) in [5.41, 5.74) is 3.14. The lowest BCUT2D eigenvalue weighted by Gasteiger charge is -2.34. The summed E-state index contributed by atoms with van der Waals surface area (Å²) in [6, 6.07) is 13.7. The molecule has 0 unspecified atom stereocenters. The number of piperazine rings is 1. The molecule has 4 rings (SSSR count). The highest BCUT2D eigenvalue weighted by atomic mass is 32.1. The summed E-state index contributed by atoms with van der Waals surface area (Å²) in [5.74, 6) is 0.727. The zero-order valence-electron chi connectivity index (χ0n) is 16.1. The Balaban J connectivity index is 1.39. The number of thiazole rings is 1. The van der Waals surface area contributed by atoms with Gasteiger partial charge < -0.3 is 19.9 Å². The number of aromatic nitrogens is 1. The third-order valence-electron chi connectivity index (χ3n) is 5.03. The van der Waals surface area contributed by atoms with Crippen LogP contribution in [0.2, 0.25) is 0 Å². The van der Waals surface area contributed by atoms with Crippen LogP contribution in [-0.4, -0.2) is 49.2 Å². The minimum Gasteiger partial charge on any atom is -0.497 e. The monoisotopic (exact) mass is 396 g/mol. The van der Waals surface area contributed by atoms with Gasteiger partial charge in [-0.15, -0.1) is 0 Å². The molecular weight excluding hydrogens is 372 g/mol. The molecule has 0 atom stereocenters. The predicted octanol–water partition coefficient (Wildman–Crippen LogP) is 4.22. The molecule has 6 nitrogen and oxygen atoms in total. The van der Waals surface area contributed by atoms with Crippen LogP contribution in [0.1, 0.15) is 12.5 Å². The molecule has 2 amide bonds. The Morgan fingerprint density at radius 1 is 1.18 bits per heavy atom. The van der Waals surface area contributed by atoms with E-state index in [-0.39, 0.29) is 6.03 Å². The number of nitrogens with zero attached hydrogens (tertiary/aromatic N) is 3. The van der Waals surface area contributed by atoms with Gasteiger partial charge in [-0.3, -0.25) is 0 Å². The number of rotatable bonds is 4. The van der Waals surface area contributed by atoms with Crippen LogP contribution in [0, 0.1) is 0 Å². The van der Waals surface area contributed by atoms with Gasteiger partial charge in [0.05, 0.1) is 17.3 Å². The van der Waals surface area contributed by atoms with Crippen molar-refractivity contribution in [1.82, 2.24) is 9.88 Å².